The summed E-state index contributed by atoms with van der Waals surface area (Å²) in [6.45, 7) is 1.74. The lowest BCUT2D eigenvalue weighted by molar-refractivity contribution is 0.0735. The van der Waals surface area contributed by atoms with Crippen LogP contribution in [0.5, 0.6) is 0 Å². The summed E-state index contributed by atoms with van der Waals surface area (Å²) >= 11 is 1.65. The molecule has 4 rings (SSSR count). The Morgan fingerprint density at radius 3 is 2.96 bits per heavy atom. The topological polar surface area (TPSA) is 50.2 Å². The molecule has 1 N–H and O–H groups in total. The predicted molar refractivity (Wildman–Crippen MR) is 90.4 cm³/mol. The van der Waals surface area contributed by atoms with Gasteiger partial charge in [-0.1, -0.05) is 0 Å². The van der Waals surface area contributed by atoms with Gasteiger partial charge in [0, 0.05) is 42.3 Å². The third-order valence-electron chi connectivity index (χ3n) is 4.60. The van der Waals surface area contributed by atoms with Crippen molar-refractivity contribution in [3.63, 3.8) is 0 Å². The van der Waals surface area contributed by atoms with Crippen molar-refractivity contribution >= 4 is 17.2 Å². The van der Waals surface area contributed by atoms with Gasteiger partial charge in [-0.05, 0) is 44.4 Å². The van der Waals surface area contributed by atoms with Crippen LogP contribution in [0.2, 0.25) is 0 Å². The molecule has 2 aliphatic rings. The fourth-order valence-corrected chi connectivity index (χ4v) is 4.30. The van der Waals surface area contributed by atoms with Crippen molar-refractivity contribution in [2.75, 3.05) is 6.54 Å². The molecule has 122 valence electrons. The van der Waals surface area contributed by atoms with Crippen molar-refractivity contribution in [2.45, 2.75) is 44.3 Å². The van der Waals surface area contributed by atoms with Crippen molar-refractivity contribution in [1.82, 2.24) is 20.0 Å². The van der Waals surface area contributed by atoms with Gasteiger partial charge in [-0.2, -0.15) is 5.10 Å². The van der Waals surface area contributed by atoms with E-state index in [0.717, 1.165) is 29.8 Å². The third-order valence-corrected chi connectivity index (χ3v) is 5.79. The van der Waals surface area contributed by atoms with Crippen LogP contribution in [-0.2, 0) is 13.6 Å². The van der Waals surface area contributed by atoms with Gasteiger partial charge < -0.3 is 10.2 Å². The molecule has 0 bridgehead atoms. The van der Waals surface area contributed by atoms with Gasteiger partial charge in [0.25, 0.3) is 5.91 Å². The number of hydrogen-bond acceptors (Lipinski definition) is 4. The second kappa shape index (κ2) is 6.09. The average Bonchev–Trinajstić information content (AvgIpc) is 2.99. The lowest BCUT2D eigenvalue weighted by Crippen LogP contribution is -2.31. The van der Waals surface area contributed by atoms with E-state index in [2.05, 4.69) is 16.5 Å². The highest BCUT2D eigenvalue weighted by Gasteiger charge is 2.34. The van der Waals surface area contributed by atoms with Gasteiger partial charge in [-0.25, -0.2) is 0 Å². The van der Waals surface area contributed by atoms with Crippen molar-refractivity contribution < 1.29 is 4.79 Å². The first-order valence-corrected chi connectivity index (χ1v) is 9.14. The molecule has 2 aromatic heterocycles. The summed E-state index contributed by atoms with van der Waals surface area (Å²) in [7, 11) is 1.91. The number of nitrogens with one attached hydrogen (secondary N) is 1. The van der Waals surface area contributed by atoms with E-state index in [-0.39, 0.29) is 5.91 Å². The molecule has 1 aliphatic heterocycles. The van der Waals surface area contributed by atoms with Crippen molar-refractivity contribution in [1.29, 1.82) is 0 Å². The van der Waals surface area contributed by atoms with Gasteiger partial charge in [-0.3, -0.25) is 9.48 Å². The number of rotatable bonds is 5. The number of carbonyl (C=O) groups is 1. The molecule has 3 heterocycles. The maximum absolute atomic E-state index is 13.0. The molecule has 1 atom stereocenters. The minimum atomic E-state index is 0.172. The minimum absolute atomic E-state index is 0.172. The Labute approximate surface area is 140 Å². The van der Waals surface area contributed by atoms with Gasteiger partial charge in [0.15, 0.2) is 0 Å². The number of aryl methyl sites for hydroxylation is 1. The predicted octanol–water partition coefficient (Wildman–Crippen LogP) is 2.71. The number of thiophene rings is 1. The Morgan fingerprint density at radius 1 is 1.43 bits per heavy atom. The molecule has 1 aliphatic carbocycles. The number of hydrogen-bond donors (Lipinski definition) is 1. The van der Waals surface area contributed by atoms with Gasteiger partial charge in [0.05, 0.1) is 11.1 Å². The van der Waals surface area contributed by atoms with E-state index in [0.29, 0.717) is 18.6 Å². The molecule has 0 aromatic carbocycles. The third kappa shape index (κ3) is 3.19. The standard InChI is InChI=1S/C17H22N4OS/c1-20-10-12(9-19-20)11-21(13-4-5-13)17(22)16-7-6-15(23-16)14-3-2-8-18-14/h6-7,9-10,13-14,18H,2-5,8,11H2,1H3. The number of aromatic nitrogens is 2. The SMILES string of the molecule is Cn1cc(CN(C(=O)c2ccc(C3CCCN3)s2)C2CC2)cn1. The van der Waals surface area contributed by atoms with Crippen LogP contribution in [0.25, 0.3) is 0 Å². The van der Waals surface area contributed by atoms with Crippen LogP contribution in [0.1, 0.15) is 51.8 Å². The maximum Gasteiger partial charge on any atom is 0.264 e. The number of carbonyl (C=O) groups excluding carboxylic acids is 1. The quantitative estimate of drug-likeness (QED) is 0.917. The summed E-state index contributed by atoms with van der Waals surface area (Å²) in [6, 6.07) is 4.96. The van der Waals surface area contributed by atoms with E-state index < -0.39 is 0 Å². The maximum atomic E-state index is 13.0. The van der Waals surface area contributed by atoms with Gasteiger partial charge in [0.2, 0.25) is 0 Å². The zero-order chi connectivity index (χ0) is 15.8. The van der Waals surface area contributed by atoms with E-state index in [1.165, 1.54) is 17.7 Å². The second-order valence-electron chi connectivity index (χ2n) is 6.54. The lowest BCUT2D eigenvalue weighted by Gasteiger charge is -2.21. The molecule has 0 spiro atoms. The molecule has 1 amide bonds. The smallest absolute Gasteiger partial charge is 0.264 e. The first kappa shape index (κ1) is 14.9. The van der Waals surface area contributed by atoms with E-state index in [9.17, 15) is 4.79 Å². The largest absolute Gasteiger partial charge is 0.331 e. The fraction of sp³-hybridized carbons (Fsp3) is 0.529. The number of amides is 1. The highest BCUT2D eigenvalue weighted by Crippen LogP contribution is 2.33. The zero-order valence-corrected chi connectivity index (χ0v) is 14.2. The fourth-order valence-electron chi connectivity index (χ4n) is 3.23. The van der Waals surface area contributed by atoms with Gasteiger partial charge in [-0.15, -0.1) is 11.3 Å². The lowest BCUT2D eigenvalue weighted by atomic mass is 10.2. The Morgan fingerprint density at radius 2 is 2.30 bits per heavy atom. The second-order valence-corrected chi connectivity index (χ2v) is 7.65. The van der Waals surface area contributed by atoms with E-state index in [1.807, 2.05) is 30.4 Å². The van der Waals surface area contributed by atoms with E-state index in [4.69, 9.17) is 0 Å². The molecule has 2 fully saturated rings. The Bertz CT molecular complexity index is 697. The summed E-state index contributed by atoms with van der Waals surface area (Å²) in [4.78, 5) is 17.1. The monoisotopic (exact) mass is 330 g/mol. The van der Waals surface area contributed by atoms with Crippen molar-refractivity contribution in [3.8, 4) is 0 Å². The van der Waals surface area contributed by atoms with Gasteiger partial charge in [0.1, 0.15) is 0 Å². The van der Waals surface area contributed by atoms with Crippen molar-refractivity contribution in [3.05, 3.63) is 39.8 Å². The van der Waals surface area contributed by atoms with E-state index >= 15 is 0 Å². The molecule has 1 saturated heterocycles. The highest BCUT2D eigenvalue weighted by molar-refractivity contribution is 7.14. The molecular weight excluding hydrogens is 308 g/mol. The summed E-state index contributed by atoms with van der Waals surface area (Å²) in [5.74, 6) is 0.172. The number of nitrogens with zero attached hydrogens (tertiary/aromatic N) is 3. The molecule has 6 heteroatoms. The molecule has 0 radical (unpaired) electrons. The van der Waals surface area contributed by atoms with Crippen LogP contribution in [0, 0.1) is 0 Å². The van der Waals surface area contributed by atoms with Crippen LogP contribution in [0.4, 0.5) is 0 Å². The molecule has 1 saturated carbocycles. The van der Waals surface area contributed by atoms with Crippen LogP contribution in [0.15, 0.2) is 24.5 Å². The summed E-state index contributed by atoms with van der Waals surface area (Å²) in [5, 5.41) is 7.72. The molecular formula is C17H22N4OS. The first-order valence-electron chi connectivity index (χ1n) is 8.32. The molecule has 2 aromatic rings. The highest BCUT2D eigenvalue weighted by atomic mass is 32.1. The zero-order valence-electron chi connectivity index (χ0n) is 13.4. The van der Waals surface area contributed by atoms with Crippen LogP contribution < -0.4 is 5.32 Å². The summed E-state index contributed by atoms with van der Waals surface area (Å²) < 4.78 is 1.79. The molecule has 1 unspecified atom stereocenters. The molecule has 23 heavy (non-hydrogen) atoms. The Hall–Kier alpha value is -1.66. The summed E-state index contributed by atoms with van der Waals surface area (Å²) in [5.41, 5.74) is 1.10. The Kier molecular flexibility index (Phi) is 3.95. The van der Waals surface area contributed by atoms with Gasteiger partial charge >= 0.3 is 0 Å². The first-order chi connectivity index (χ1) is 11.2. The normalized spacial score (nSPS) is 20.8. The van der Waals surface area contributed by atoms with Crippen molar-refractivity contribution in [2.24, 2.45) is 7.05 Å². The van der Waals surface area contributed by atoms with Crippen LogP contribution in [-0.4, -0.2) is 33.2 Å². The Balaban J connectivity index is 1.51. The van der Waals surface area contributed by atoms with Crippen LogP contribution in [0.3, 0.4) is 0 Å². The minimum Gasteiger partial charge on any atom is -0.331 e. The molecule has 5 nitrogen and oxygen atoms in total. The van der Waals surface area contributed by atoms with E-state index in [1.54, 1.807) is 16.0 Å². The average molecular weight is 330 g/mol. The van der Waals surface area contributed by atoms with Crippen LogP contribution >= 0.6 is 11.3 Å². The summed E-state index contributed by atoms with van der Waals surface area (Å²) in [6.07, 6.45) is 8.48.